The highest BCUT2D eigenvalue weighted by Crippen LogP contribution is 2.27. The van der Waals surface area contributed by atoms with Crippen molar-refractivity contribution < 1.29 is 4.79 Å². The van der Waals surface area contributed by atoms with Crippen molar-refractivity contribution in [2.75, 3.05) is 23.3 Å². The first-order chi connectivity index (χ1) is 13.8. The van der Waals surface area contributed by atoms with Crippen LogP contribution in [0.15, 0.2) is 42.7 Å². The maximum Gasteiger partial charge on any atom is 0.220 e. The van der Waals surface area contributed by atoms with Crippen LogP contribution in [0.3, 0.4) is 0 Å². The Labute approximate surface area is 166 Å². The number of nitrogens with one attached hydrogen (secondary N) is 2. The number of hydrogen-bond acceptors (Lipinski definition) is 5. The van der Waals surface area contributed by atoms with E-state index in [-0.39, 0.29) is 5.91 Å². The summed E-state index contributed by atoms with van der Waals surface area (Å²) in [5.74, 6) is 2.71. The van der Waals surface area contributed by atoms with E-state index in [9.17, 15) is 4.79 Å². The third-order valence-electron chi connectivity index (χ3n) is 5.63. The van der Waals surface area contributed by atoms with Gasteiger partial charge < -0.3 is 15.5 Å². The molecule has 1 saturated heterocycles. The van der Waals surface area contributed by atoms with E-state index < -0.39 is 0 Å². The second-order valence-electron chi connectivity index (χ2n) is 7.91. The van der Waals surface area contributed by atoms with Crippen molar-refractivity contribution in [3.05, 3.63) is 48.3 Å². The first-order valence-electron chi connectivity index (χ1n) is 10.4. The zero-order valence-corrected chi connectivity index (χ0v) is 16.3. The minimum Gasteiger partial charge on any atom is -0.367 e. The Morgan fingerprint density at radius 2 is 1.86 bits per heavy atom. The number of hydrogen-bond donors (Lipinski definition) is 2. The minimum atomic E-state index is 0.151. The van der Waals surface area contributed by atoms with Gasteiger partial charge in [-0.05, 0) is 43.6 Å². The summed E-state index contributed by atoms with van der Waals surface area (Å²) >= 11 is 0. The van der Waals surface area contributed by atoms with Gasteiger partial charge in [-0.2, -0.15) is 0 Å². The summed E-state index contributed by atoms with van der Waals surface area (Å²) < 4.78 is 0. The first-order valence-corrected chi connectivity index (χ1v) is 10.4. The van der Waals surface area contributed by atoms with Gasteiger partial charge in [-0.25, -0.2) is 9.97 Å². The van der Waals surface area contributed by atoms with E-state index in [1.54, 1.807) is 6.33 Å². The normalized spacial score (nSPS) is 17.4. The smallest absolute Gasteiger partial charge is 0.220 e. The van der Waals surface area contributed by atoms with Crippen LogP contribution < -0.4 is 15.5 Å². The van der Waals surface area contributed by atoms with Crippen LogP contribution in [0.2, 0.25) is 0 Å². The lowest BCUT2D eigenvalue weighted by Crippen LogP contribution is -2.34. The van der Waals surface area contributed by atoms with E-state index in [1.165, 1.54) is 12.8 Å². The molecule has 2 heterocycles. The van der Waals surface area contributed by atoms with E-state index in [0.29, 0.717) is 24.9 Å². The van der Waals surface area contributed by atoms with Gasteiger partial charge in [-0.3, -0.25) is 4.79 Å². The van der Waals surface area contributed by atoms with E-state index in [1.807, 2.05) is 30.3 Å². The molecule has 0 radical (unpaired) electrons. The average molecular weight is 380 g/mol. The van der Waals surface area contributed by atoms with E-state index >= 15 is 0 Å². The highest BCUT2D eigenvalue weighted by molar-refractivity contribution is 5.75. The molecule has 148 valence electrons. The maximum atomic E-state index is 12.1. The summed E-state index contributed by atoms with van der Waals surface area (Å²) in [5, 5.41) is 6.47. The van der Waals surface area contributed by atoms with Crippen molar-refractivity contribution in [1.82, 2.24) is 15.3 Å². The Morgan fingerprint density at radius 3 is 2.61 bits per heavy atom. The number of rotatable bonds is 8. The summed E-state index contributed by atoms with van der Waals surface area (Å²) in [6, 6.07) is 12.7. The van der Waals surface area contributed by atoms with Gasteiger partial charge in [0.1, 0.15) is 18.0 Å². The highest BCUT2D eigenvalue weighted by Gasteiger charge is 2.23. The zero-order chi connectivity index (χ0) is 19.2. The quantitative estimate of drug-likeness (QED) is 0.736. The fourth-order valence-corrected chi connectivity index (χ4v) is 3.71. The fourth-order valence-electron chi connectivity index (χ4n) is 3.71. The molecule has 0 unspecified atom stereocenters. The summed E-state index contributed by atoms with van der Waals surface area (Å²) in [4.78, 5) is 23.2. The number of carbonyl (C=O) groups is 1. The van der Waals surface area contributed by atoms with Crippen LogP contribution in [0.25, 0.3) is 0 Å². The Hall–Kier alpha value is -2.63. The van der Waals surface area contributed by atoms with Crippen LogP contribution >= 0.6 is 0 Å². The van der Waals surface area contributed by atoms with Crippen molar-refractivity contribution in [3.63, 3.8) is 0 Å². The molecular weight excluding hydrogens is 350 g/mol. The van der Waals surface area contributed by atoms with Crippen LogP contribution in [0.4, 0.5) is 11.6 Å². The summed E-state index contributed by atoms with van der Waals surface area (Å²) in [7, 11) is 0. The van der Waals surface area contributed by atoms with Gasteiger partial charge in [0.05, 0.1) is 0 Å². The predicted octanol–water partition coefficient (Wildman–Crippen LogP) is 3.36. The molecule has 2 N–H and O–H groups in total. The molecule has 1 saturated carbocycles. The second-order valence-corrected chi connectivity index (χ2v) is 7.91. The maximum absolute atomic E-state index is 12.1. The number of carbonyl (C=O) groups excluding carboxylic acids is 1. The summed E-state index contributed by atoms with van der Waals surface area (Å²) in [5.41, 5.74) is 1.14. The summed E-state index contributed by atoms with van der Waals surface area (Å²) in [6.45, 7) is 2.61. The molecule has 6 heteroatoms. The molecule has 4 rings (SSSR count). The molecule has 1 aromatic carbocycles. The number of aromatic nitrogens is 2. The molecule has 2 fully saturated rings. The monoisotopic (exact) mass is 379 g/mol. The van der Waals surface area contributed by atoms with Crippen LogP contribution in [-0.2, 0) is 11.3 Å². The fraction of sp³-hybridized carbons (Fsp3) is 0.500. The van der Waals surface area contributed by atoms with Crippen molar-refractivity contribution in [1.29, 1.82) is 0 Å². The van der Waals surface area contributed by atoms with Crippen LogP contribution in [-0.4, -0.2) is 35.0 Å². The molecule has 1 aromatic heterocycles. The van der Waals surface area contributed by atoms with E-state index in [2.05, 4.69) is 31.6 Å². The van der Waals surface area contributed by atoms with Crippen LogP contribution in [0, 0.1) is 5.92 Å². The predicted molar refractivity (Wildman–Crippen MR) is 111 cm³/mol. The van der Waals surface area contributed by atoms with Gasteiger partial charge in [-0.1, -0.05) is 30.3 Å². The first kappa shape index (κ1) is 18.7. The SMILES string of the molecule is O=C(CCC1CCN(c2cc(NC3CC3)ncn2)CC1)NCc1ccccc1. The topological polar surface area (TPSA) is 70.2 Å². The van der Waals surface area contributed by atoms with Gasteiger partial charge in [0.15, 0.2) is 0 Å². The number of amides is 1. The number of anilines is 2. The van der Waals surface area contributed by atoms with Gasteiger partial charge in [0.25, 0.3) is 0 Å². The third-order valence-corrected chi connectivity index (χ3v) is 5.63. The number of piperidine rings is 1. The highest BCUT2D eigenvalue weighted by atomic mass is 16.1. The molecule has 0 spiro atoms. The lowest BCUT2D eigenvalue weighted by Gasteiger charge is -2.32. The number of benzene rings is 1. The van der Waals surface area contributed by atoms with Crippen LogP contribution in [0.1, 0.15) is 44.1 Å². The van der Waals surface area contributed by atoms with Gasteiger partial charge >= 0.3 is 0 Å². The molecule has 2 aliphatic rings. The molecule has 2 aromatic rings. The van der Waals surface area contributed by atoms with Crippen molar-refractivity contribution >= 4 is 17.5 Å². The number of nitrogens with zero attached hydrogens (tertiary/aromatic N) is 3. The Kier molecular flexibility index (Phi) is 6.04. The van der Waals surface area contributed by atoms with E-state index in [4.69, 9.17) is 0 Å². The second kappa shape index (κ2) is 9.04. The molecule has 1 aliphatic carbocycles. The molecule has 0 atom stereocenters. The largest absolute Gasteiger partial charge is 0.367 e. The standard InChI is InChI=1S/C22H29N5O/c28-22(23-15-18-4-2-1-3-5-18)9-6-17-10-12-27(13-11-17)21-14-20(24-16-25-21)26-19-7-8-19/h1-5,14,16-17,19H,6-13,15H2,(H,23,28)(H,24,25,26). The Morgan fingerprint density at radius 1 is 1.07 bits per heavy atom. The molecule has 28 heavy (non-hydrogen) atoms. The third kappa shape index (κ3) is 5.44. The van der Waals surface area contributed by atoms with Gasteiger partial charge in [0.2, 0.25) is 5.91 Å². The van der Waals surface area contributed by atoms with Crippen molar-refractivity contribution in [3.8, 4) is 0 Å². The lowest BCUT2D eigenvalue weighted by molar-refractivity contribution is -0.121. The Bertz CT molecular complexity index is 770. The molecule has 6 nitrogen and oxygen atoms in total. The van der Waals surface area contributed by atoms with Gasteiger partial charge in [-0.15, -0.1) is 0 Å². The Balaban J connectivity index is 1.17. The van der Waals surface area contributed by atoms with E-state index in [0.717, 1.165) is 49.6 Å². The average Bonchev–Trinajstić information content (AvgIpc) is 3.56. The minimum absolute atomic E-state index is 0.151. The van der Waals surface area contributed by atoms with Crippen LogP contribution in [0.5, 0.6) is 0 Å². The molecular formula is C22H29N5O. The van der Waals surface area contributed by atoms with Crippen molar-refractivity contribution in [2.45, 2.75) is 51.1 Å². The lowest BCUT2D eigenvalue weighted by atomic mass is 9.92. The summed E-state index contributed by atoms with van der Waals surface area (Å²) in [6.07, 6.45) is 7.94. The van der Waals surface area contributed by atoms with Crippen molar-refractivity contribution in [2.24, 2.45) is 5.92 Å². The molecule has 1 aliphatic heterocycles. The molecule has 0 bridgehead atoms. The van der Waals surface area contributed by atoms with Gasteiger partial charge in [0, 0.05) is 38.2 Å². The zero-order valence-electron chi connectivity index (χ0n) is 16.3. The molecule has 1 amide bonds.